The SMILES string of the molecule is N[C@H](CCc1c[nH]c2ccccc12)CC(=O)O. The number of hydrogen-bond acceptors (Lipinski definition) is 2. The van der Waals surface area contributed by atoms with Crippen LogP contribution in [0.3, 0.4) is 0 Å². The van der Waals surface area contributed by atoms with Crippen molar-refractivity contribution < 1.29 is 9.90 Å². The highest BCUT2D eigenvalue weighted by molar-refractivity contribution is 5.83. The molecule has 0 bridgehead atoms. The lowest BCUT2D eigenvalue weighted by Gasteiger charge is -2.07. The molecule has 1 aromatic carbocycles. The van der Waals surface area contributed by atoms with Crippen LogP contribution in [-0.4, -0.2) is 22.1 Å². The molecule has 1 aromatic heterocycles. The molecule has 0 fully saturated rings. The Balaban J connectivity index is 2.02. The summed E-state index contributed by atoms with van der Waals surface area (Å²) in [6.07, 6.45) is 3.49. The predicted molar refractivity (Wildman–Crippen MR) is 66.8 cm³/mol. The number of hydrogen-bond donors (Lipinski definition) is 3. The molecule has 4 N–H and O–H groups in total. The summed E-state index contributed by atoms with van der Waals surface area (Å²) in [6.45, 7) is 0. The number of benzene rings is 1. The highest BCUT2D eigenvalue weighted by atomic mass is 16.4. The third kappa shape index (κ3) is 2.85. The van der Waals surface area contributed by atoms with E-state index in [2.05, 4.69) is 11.1 Å². The van der Waals surface area contributed by atoms with Crippen LogP contribution in [0, 0.1) is 0 Å². The van der Waals surface area contributed by atoms with Crippen LogP contribution < -0.4 is 5.73 Å². The number of carboxylic acid groups (broad SMARTS) is 1. The van der Waals surface area contributed by atoms with E-state index in [-0.39, 0.29) is 12.5 Å². The molecule has 0 saturated carbocycles. The lowest BCUT2D eigenvalue weighted by atomic mass is 10.0. The number of fused-ring (bicyclic) bond motifs is 1. The van der Waals surface area contributed by atoms with Crippen molar-refractivity contribution >= 4 is 16.9 Å². The molecule has 0 unspecified atom stereocenters. The minimum atomic E-state index is -0.837. The zero-order chi connectivity index (χ0) is 12.3. The number of aliphatic carboxylic acids is 1. The summed E-state index contributed by atoms with van der Waals surface area (Å²) in [5.41, 5.74) is 8.05. The van der Waals surface area contributed by atoms with Crippen LogP contribution in [0.2, 0.25) is 0 Å². The molecule has 0 aliphatic heterocycles. The van der Waals surface area contributed by atoms with E-state index in [0.717, 1.165) is 11.9 Å². The summed E-state index contributed by atoms with van der Waals surface area (Å²) < 4.78 is 0. The number of carbonyl (C=O) groups is 1. The first-order chi connectivity index (χ1) is 8.16. The van der Waals surface area contributed by atoms with Gasteiger partial charge in [-0.2, -0.15) is 0 Å². The van der Waals surface area contributed by atoms with Gasteiger partial charge in [0.1, 0.15) is 0 Å². The molecule has 0 aliphatic rings. The number of aromatic amines is 1. The lowest BCUT2D eigenvalue weighted by Crippen LogP contribution is -2.24. The fourth-order valence-corrected chi connectivity index (χ4v) is 2.01. The van der Waals surface area contributed by atoms with E-state index in [1.165, 1.54) is 10.9 Å². The molecular formula is C13H16N2O2. The molecule has 4 nitrogen and oxygen atoms in total. The Hall–Kier alpha value is -1.81. The summed E-state index contributed by atoms with van der Waals surface area (Å²) in [4.78, 5) is 13.7. The predicted octanol–water partition coefficient (Wildman–Crippen LogP) is 1.90. The zero-order valence-electron chi connectivity index (χ0n) is 9.52. The Kier molecular flexibility index (Phi) is 3.44. The lowest BCUT2D eigenvalue weighted by molar-refractivity contribution is -0.137. The van der Waals surface area contributed by atoms with Crippen molar-refractivity contribution in [1.29, 1.82) is 0 Å². The third-order valence-corrected chi connectivity index (χ3v) is 2.90. The first kappa shape index (κ1) is 11.7. The number of rotatable bonds is 5. The van der Waals surface area contributed by atoms with Gasteiger partial charge >= 0.3 is 5.97 Å². The van der Waals surface area contributed by atoms with Crippen LogP contribution in [-0.2, 0) is 11.2 Å². The molecule has 4 heteroatoms. The molecule has 0 amide bonds. The average Bonchev–Trinajstić information content (AvgIpc) is 2.69. The Morgan fingerprint density at radius 2 is 2.18 bits per heavy atom. The number of para-hydroxylation sites is 1. The molecule has 2 aromatic rings. The number of aromatic nitrogens is 1. The summed E-state index contributed by atoms with van der Waals surface area (Å²) in [5, 5.41) is 9.82. The van der Waals surface area contributed by atoms with Crippen LogP contribution in [0.4, 0.5) is 0 Å². The van der Waals surface area contributed by atoms with Crippen LogP contribution in [0.5, 0.6) is 0 Å². The van der Waals surface area contributed by atoms with Crippen molar-refractivity contribution in [1.82, 2.24) is 4.98 Å². The van der Waals surface area contributed by atoms with Crippen molar-refractivity contribution in [3.05, 3.63) is 36.0 Å². The van der Waals surface area contributed by atoms with E-state index in [9.17, 15) is 4.79 Å². The molecule has 0 aliphatic carbocycles. The molecule has 0 spiro atoms. The Morgan fingerprint density at radius 3 is 2.94 bits per heavy atom. The normalized spacial score (nSPS) is 12.8. The maximum absolute atomic E-state index is 10.5. The number of carboxylic acids is 1. The molecule has 2 rings (SSSR count). The summed E-state index contributed by atoms with van der Waals surface area (Å²) in [5.74, 6) is -0.837. The highest BCUT2D eigenvalue weighted by Crippen LogP contribution is 2.19. The topological polar surface area (TPSA) is 79.1 Å². The van der Waals surface area contributed by atoms with E-state index < -0.39 is 5.97 Å². The van der Waals surface area contributed by atoms with E-state index in [1.54, 1.807) is 0 Å². The minimum Gasteiger partial charge on any atom is -0.481 e. The molecule has 90 valence electrons. The molecule has 0 radical (unpaired) electrons. The first-order valence-electron chi connectivity index (χ1n) is 5.69. The molecule has 1 heterocycles. The quantitative estimate of drug-likeness (QED) is 0.736. The van der Waals surface area contributed by atoms with Gasteiger partial charge in [-0.1, -0.05) is 18.2 Å². The maximum atomic E-state index is 10.5. The van der Waals surface area contributed by atoms with Crippen LogP contribution in [0.15, 0.2) is 30.5 Å². The number of H-pyrrole nitrogens is 1. The first-order valence-corrected chi connectivity index (χ1v) is 5.69. The zero-order valence-corrected chi connectivity index (χ0v) is 9.52. The molecule has 1 atom stereocenters. The number of nitrogens with two attached hydrogens (primary N) is 1. The average molecular weight is 232 g/mol. The Labute approximate surface area is 99.4 Å². The van der Waals surface area contributed by atoms with Crippen molar-refractivity contribution in [2.24, 2.45) is 5.73 Å². The van der Waals surface area contributed by atoms with Gasteiger partial charge in [0, 0.05) is 23.1 Å². The molecular weight excluding hydrogens is 216 g/mol. The fourth-order valence-electron chi connectivity index (χ4n) is 2.01. The van der Waals surface area contributed by atoms with Gasteiger partial charge in [0.15, 0.2) is 0 Å². The second-order valence-electron chi connectivity index (χ2n) is 4.26. The largest absolute Gasteiger partial charge is 0.481 e. The van der Waals surface area contributed by atoms with E-state index in [1.807, 2.05) is 24.4 Å². The maximum Gasteiger partial charge on any atom is 0.304 e. The van der Waals surface area contributed by atoms with Crippen LogP contribution >= 0.6 is 0 Å². The Morgan fingerprint density at radius 1 is 1.41 bits per heavy atom. The van der Waals surface area contributed by atoms with Gasteiger partial charge in [0.2, 0.25) is 0 Å². The number of aryl methyl sites for hydroxylation is 1. The van der Waals surface area contributed by atoms with E-state index >= 15 is 0 Å². The van der Waals surface area contributed by atoms with E-state index in [0.29, 0.717) is 6.42 Å². The van der Waals surface area contributed by atoms with Crippen molar-refractivity contribution in [2.75, 3.05) is 0 Å². The van der Waals surface area contributed by atoms with Gasteiger partial charge < -0.3 is 15.8 Å². The fraction of sp³-hybridized carbons (Fsp3) is 0.308. The molecule has 0 saturated heterocycles. The van der Waals surface area contributed by atoms with Crippen molar-refractivity contribution in [2.45, 2.75) is 25.3 Å². The third-order valence-electron chi connectivity index (χ3n) is 2.90. The van der Waals surface area contributed by atoms with Gasteiger partial charge in [-0.3, -0.25) is 4.79 Å². The van der Waals surface area contributed by atoms with Gasteiger partial charge in [-0.05, 0) is 24.5 Å². The summed E-state index contributed by atoms with van der Waals surface area (Å²) >= 11 is 0. The standard InChI is InChI=1S/C13H16N2O2/c14-10(7-13(16)17)6-5-9-8-15-12-4-2-1-3-11(9)12/h1-4,8,10,15H,5-7,14H2,(H,16,17)/t10-/m1/s1. The molecule has 17 heavy (non-hydrogen) atoms. The highest BCUT2D eigenvalue weighted by Gasteiger charge is 2.09. The Bertz CT molecular complexity index is 519. The minimum absolute atomic E-state index is 0.0301. The van der Waals surface area contributed by atoms with Gasteiger partial charge in [-0.25, -0.2) is 0 Å². The summed E-state index contributed by atoms with van der Waals surface area (Å²) in [6, 6.07) is 7.79. The van der Waals surface area contributed by atoms with Crippen LogP contribution in [0.1, 0.15) is 18.4 Å². The van der Waals surface area contributed by atoms with Gasteiger partial charge in [0.25, 0.3) is 0 Å². The van der Waals surface area contributed by atoms with Gasteiger partial charge in [0.05, 0.1) is 6.42 Å². The number of nitrogens with one attached hydrogen (secondary N) is 1. The van der Waals surface area contributed by atoms with E-state index in [4.69, 9.17) is 10.8 Å². The van der Waals surface area contributed by atoms with Crippen LogP contribution in [0.25, 0.3) is 10.9 Å². The van der Waals surface area contributed by atoms with Crippen molar-refractivity contribution in [3.8, 4) is 0 Å². The second kappa shape index (κ2) is 5.01. The monoisotopic (exact) mass is 232 g/mol. The summed E-state index contributed by atoms with van der Waals surface area (Å²) in [7, 11) is 0. The van der Waals surface area contributed by atoms with Crippen molar-refractivity contribution in [3.63, 3.8) is 0 Å². The smallest absolute Gasteiger partial charge is 0.304 e. The van der Waals surface area contributed by atoms with Gasteiger partial charge in [-0.15, -0.1) is 0 Å². The second-order valence-corrected chi connectivity index (χ2v) is 4.26.